The molecule has 3 atom stereocenters. The molecule has 0 unspecified atom stereocenters. The average Bonchev–Trinajstić information content (AvgIpc) is 2.86. The third-order valence-electron chi connectivity index (χ3n) is 4.61. The van der Waals surface area contributed by atoms with E-state index >= 15 is 0 Å². The summed E-state index contributed by atoms with van der Waals surface area (Å²) >= 11 is 0. The second kappa shape index (κ2) is 6.28. The van der Waals surface area contributed by atoms with Crippen molar-refractivity contribution in [3.05, 3.63) is 81.9 Å². The molecular formula is C18H20N2O2. The van der Waals surface area contributed by atoms with Gasteiger partial charge in [-0.1, -0.05) is 60.7 Å². The molecule has 1 aliphatic heterocycles. The minimum Gasteiger partial charge on any atom is -0.289 e. The van der Waals surface area contributed by atoms with Crippen LogP contribution in [0.5, 0.6) is 0 Å². The summed E-state index contributed by atoms with van der Waals surface area (Å²) in [4.78, 5) is 13.7. The summed E-state index contributed by atoms with van der Waals surface area (Å²) < 4.78 is 0. The monoisotopic (exact) mass is 296 g/mol. The Kier molecular flexibility index (Phi) is 4.20. The fourth-order valence-electron chi connectivity index (χ4n) is 3.43. The Balaban J connectivity index is 1.84. The molecule has 2 aromatic rings. The van der Waals surface area contributed by atoms with Crippen molar-refractivity contribution in [3.63, 3.8) is 0 Å². The van der Waals surface area contributed by atoms with E-state index in [9.17, 15) is 10.1 Å². The van der Waals surface area contributed by atoms with Crippen LogP contribution >= 0.6 is 0 Å². The van der Waals surface area contributed by atoms with Crippen LogP contribution in [0.1, 0.15) is 24.0 Å². The normalized spacial score (nSPS) is 25.2. The van der Waals surface area contributed by atoms with Gasteiger partial charge in [0.05, 0.1) is 12.0 Å². The SMILES string of the molecule is C[C@@H]1[C@@H]([N+](=O)[O-])[C@H](c2ccccc2)CN1Cc1ccccc1. The molecule has 22 heavy (non-hydrogen) atoms. The number of hydrogen-bond acceptors (Lipinski definition) is 3. The van der Waals surface area contributed by atoms with Crippen molar-refractivity contribution in [3.8, 4) is 0 Å². The summed E-state index contributed by atoms with van der Waals surface area (Å²) in [5.41, 5.74) is 2.26. The highest BCUT2D eigenvalue weighted by Crippen LogP contribution is 2.34. The Morgan fingerprint density at radius 2 is 1.68 bits per heavy atom. The van der Waals surface area contributed by atoms with Crippen LogP contribution in [-0.2, 0) is 6.54 Å². The number of nitrogens with zero attached hydrogens (tertiary/aromatic N) is 2. The van der Waals surface area contributed by atoms with Gasteiger partial charge in [0.2, 0.25) is 6.04 Å². The quantitative estimate of drug-likeness (QED) is 0.642. The van der Waals surface area contributed by atoms with Gasteiger partial charge in [0, 0.05) is 18.0 Å². The highest BCUT2D eigenvalue weighted by atomic mass is 16.6. The molecule has 4 nitrogen and oxygen atoms in total. The Bertz CT molecular complexity index is 630. The molecule has 1 heterocycles. The standard InChI is InChI=1S/C18H20N2O2/c1-14-18(20(21)22)17(16-10-6-3-7-11-16)13-19(14)12-15-8-4-2-5-9-15/h2-11,14,17-18H,12-13H2,1H3/t14-,17+,18-/m1/s1. The maximum Gasteiger partial charge on any atom is 0.236 e. The number of hydrogen-bond donors (Lipinski definition) is 0. The molecule has 0 aliphatic carbocycles. The first-order valence-corrected chi connectivity index (χ1v) is 7.63. The van der Waals surface area contributed by atoms with Crippen LogP contribution < -0.4 is 0 Å². The first kappa shape index (κ1) is 14.7. The van der Waals surface area contributed by atoms with Gasteiger partial charge in [0.15, 0.2) is 0 Å². The summed E-state index contributed by atoms with van der Waals surface area (Å²) in [6.07, 6.45) is 0. The van der Waals surface area contributed by atoms with Crippen molar-refractivity contribution < 1.29 is 4.92 Å². The number of nitro groups is 1. The predicted octanol–water partition coefficient (Wildman–Crippen LogP) is 3.32. The third-order valence-corrected chi connectivity index (χ3v) is 4.61. The minimum absolute atomic E-state index is 0.0464. The largest absolute Gasteiger partial charge is 0.289 e. The van der Waals surface area contributed by atoms with Gasteiger partial charge in [-0.05, 0) is 18.1 Å². The van der Waals surface area contributed by atoms with Gasteiger partial charge in [-0.15, -0.1) is 0 Å². The zero-order valence-electron chi connectivity index (χ0n) is 12.6. The van der Waals surface area contributed by atoms with E-state index in [0.29, 0.717) is 0 Å². The van der Waals surface area contributed by atoms with Crippen molar-refractivity contribution >= 4 is 0 Å². The number of rotatable bonds is 4. The lowest BCUT2D eigenvalue weighted by Crippen LogP contribution is -2.36. The Hall–Kier alpha value is -2.20. The van der Waals surface area contributed by atoms with Crippen LogP contribution in [0.2, 0.25) is 0 Å². The Labute approximate surface area is 130 Å². The van der Waals surface area contributed by atoms with E-state index in [1.54, 1.807) is 0 Å². The van der Waals surface area contributed by atoms with Gasteiger partial charge >= 0.3 is 0 Å². The molecule has 0 saturated carbocycles. The molecule has 1 aliphatic rings. The highest BCUT2D eigenvalue weighted by molar-refractivity contribution is 5.24. The van der Waals surface area contributed by atoms with Crippen molar-refractivity contribution in [1.82, 2.24) is 4.90 Å². The third kappa shape index (κ3) is 2.88. The van der Waals surface area contributed by atoms with Gasteiger partial charge in [-0.3, -0.25) is 15.0 Å². The maximum atomic E-state index is 11.6. The first-order valence-electron chi connectivity index (χ1n) is 7.63. The maximum absolute atomic E-state index is 11.6. The lowest BCUT2D eigenvalue weighted by Gasteiger charge is -2.20. The Morgan fingerprint density at radius 1 is 1.09 bits per heavy atom. The Morgan fingerprint density at radius 3 is 2.27 bits per heavy atom. The lowest BCUT2D eigenvalue weighted by molar-refractivity contribution is -0.527. The van der Waals surface area contributed by atoms with E-state index in [2.05, 4.69) is 17.0 Å². The van der Waals surface area contributed by atoms with Crippen molar-refractivity contribution in [2.24, 2.45) is 0 Å². The second-order valence-corrected chi connectivity index (χ2v) is 5.95. The van der Waals surface area contributed by atoms with Crippen molar-refractivity contribution in [1.29, 1.82) is 0 Å². The molecule has 114 valence electrons. The van der Waals surface area contributed by atoms with E-state index in [4.69, 9.17) is 0 Å². The van der Waals surface area contributed by atoms with Crippen LogP contribution in [0.4, 0.5) is 0 Å². The highest BCUT2D eigenvalue weighted by Gasteiger charge is 2.47. The summed E-state index contributed by atoms with van der Waals surface area (Å²) in [7, 11) is 0. The first-order chi connectivity index (χ1) is 10.7. The molecule has 0 bridgehead atoms. The summed E-state index contributed by atoms with van der Waals surface area (Å²) in [6, 6.07) is 19.4. The predicted molar refractivity (Wildman–Crippen MR) is 86.3 cm³/mol. The average molecular weight is 296 g/mol. The number of benzene rings is 2. The molecule has 0 aromatic heterocycles. The fourth-order valence-corrected chi connectivity index (χ4v) is 3.43. The van der Waals surface area contributed by atoms with Crippen LogP contribution in [-0.4, -0.2) is 28.5 Å². The molecule has 0 spiro atoms. The van der Waals surface area contributed by atoms with Crippen LogP contribution in [0.15, 0.2) is 60.7 Å². The molecule has 3 rings (SSSR count). The van der Waals surface area contributed by atoms with E-state index in [-0.39, 0.29) is 16.9 Å². The number of likely N-dealkylation sites (tertiary alicyclic amines) is 1. The fraction of sp³-hybridized carbons (Fsp3) is 0.333. The van der Waals surface area contributed by atoms with Gasteiger partial charge in [-0.25, -0.2) is 0 Å². The molecule has 1 fully saturated rings. The molecular weight excluding hydrogens is 276 g/mol. The molecule has 0 amide bonds. The van der Waals surface area contributed by atoms with Gasteiger partial charge < -0.3 is 0 Å². The zero-order chi connectivity index (χ0) is 15.5. The van der Waals surface area contributed by atoms with E-state index in [1.807, 2.05) is 55.5 Å². The summed E-state index contributed by atoms with van der Waals surface area (Å²) in [6.45, 7) is 3.46. The smallest absolute Gasteiger partial charge is 0.236 e. The molecule has 2 aromatic carbocycles. The molecule has 4 heteroatoms. The van der Waals surface area contributed by atoms with Crippen LogP contribution in [0.25, 0.3) is 0 Å². The van der Waals surface area contributed by atoms with Crippen LogP contribution in [0, 0.1) is 10.1 Å². The molecule has 0 N–H and O–H groups in total. The van der Waals surface area contributed by atoms with Gasteiger partial charge in [0.25, 0.3) is 0 Å². The lowest BCUT2D eigenvalue weighted by atomic mass is 9.92. The summed E-state index contributed by atoms with van der Waals surface area (Å²) in [5, 5.41) is 11.6. The minimum atomic E-state index is -0.550. The van der Waals surface area contributed by atoms with Crippen molar-refractivity contribution in [2.75, 3.05) is 6.54 Å². The van der Waals surface area contributed by atoms with Crippen LogP contribution in [0.3, 0.4) is 0 Å². The molecule has 0 radical (unpaired) electrons. The van der Waals surface area contributed by atoms with E-state index < -0.39 is 6.04 Å². The zero-order valence-corrected chi connectivity index (χ0v) is 12.6. The van der Waals surface area contributed by atoms with Gasteiger partial charge in [0.1, 0.15) is 0 Å². The second-order valence-electron chi connectivity index (χ2n) is 5.95. The van der Waals surface area contributed by atoms with Crippen molar-refractivity contribution in [2.45, 2.75) is 31.5 Å². The van der Waals surface area contributed by atoms with Gasteiger partial charge in [-0.2, -0.15) is 0 Å². The van der Waals surface area contributed by atoms with E-state index in [1.165, 1.54) is 5.56 Å². The van der Waals surface area contributed by atoms with E-state index in [0.717, 1.165) is 18.7 Å². The summed E-state index contributed by atoms with van der Waals surface area (Å²) in [5.74, 6) is -0.0464. The topological polar surface area (TPSA) is 46.4 Å². The molecule has 1 saturated heterocycles.